The van der Waals surface area contributed by atoms with E-state index < -0.39 is 0 Å². The van der Waals surface area contributed by atoms with E-state index in [0.717, 1.165) is 15.7 Å². The first-order valence-electron chi connectivity index (χ1n) is 5.58. The predicted octanol–water partition coefficient (Wildman–Crippen LogP) is 3.14. The highest BCUT2D eigenvalue weighted by Gasteiger charge is 2.25. The molecule has 2 heterocycles. The van der Waals surface area contributed by atoms with Crippen LogP contribution in [0.3, 0.4) is 0 Å². The lowest BCUT2D eigenvalue weighted by Gasteiger charge is -2.24. The molecule has 90 valence electrons. The Hall–Kier alpha value is -1.36. The van der Waals surface area contributed by atoms with Crippen molar-refractivity contribution in [3.63, 3.8) is 0 Å². The minimum absolute atomic E-state index is 0.194. The van der Waals surface area contributed by atoms with Gasteiger partial charge in [0.2, 0.25) is 0 Å². The van der Waals surface area contributed by atoms with Crippen molar-refractivity contribution in [2.45, 2.75) is 33.6 Å². The van der Waals surface area contributed by atoms with Crippen LogP contribution in [0, 0.1) is 5.41 Å². The molecule has 0 aliphatic rings. The molecular formula is C12H16N4S. The minimum Gasteiger partial charge on any atom is -0.261 e. The molecule has 0 aliphatic heterocycles. The monoisotopic (exact) mass is 248 g/mol. The number of hydrogen-bond donors (Lipinski definition) is 0. The highest BCUT2D eigenvalue weighted by Crippen LogP contribution is 2.37. The van der Waals surface area contributed by atoms with Gasteiger partial charge in [-0.25, -0.2) is 0 Å². The van der Waals surface area contributed by atoms with Crippen LogP contribution in [0.25, 0.3) is 10.7 Å². The average molecular weight is 248 g/mol. The third kappa shape index (κ3) is 2.66. The number of rotatable bonds is 2. The summed E-state index contributed by atoms with van der Waals surface area (Å²) in [6, 6.07) is 0. The Morgan fingerprint density at radius 1 is 1.18 bits per heavy atom. The fourth-order valence-corrected chi connectivity index (χ4v) is 2.39. The van der Waals surface area contributed by atoms with Crippen molar-refractivity contribution in [2.24, 2.45) is 5.41 Å². The van der Waals surface area contributed by atoms with Crippen molar-refractivity contribution >= 4 is 11.3 Å². The molecular weight excluding hydrogens is 232 g/mol. The Balaban J connectivity index is 2.28. The van der Waals surface area contributed by atoms with Gasteiger partial charge in [0.05, 0.1) is 6.20 Å². The summed E-state index contributed by atoms with van der Waals surface area (Å²) in [5, 5.41) is 10.3. The van der Waals surface area contributed by atoms with Crippen LogP contribution in [0.1, 0.15) is 38.6 Å². The van der Waals surface area contributed by atoms with Crippen molar-refractivity contribution in [1.82, 2.24) is 20.2 Å². The zero-order valence-electron chi connectivity index (χ0n) is 10.5. The van der Waals surface area contributed by atoms with Crippen LogP contribution in [0.2, 0.25) is 0 Å². The molecule has 4 nitrogen and oxygen atoms in total. The van der Waals surface area contributed by atoms with Crippen LogP contribution in [-0.2, 0) is 0 Å². The normalized spacial score (nSPS) is 13.6. The van der Waals surface area contributed by atoms with Crippen molar-refractivity contribution in [1.29, 1.82) is 0 Å². The van der Waals surface area contributed by atoms with Crippen molar-refractivity contribution in [3.8, 4) is 10.7 Å². The Morgan fingerprint density at radius 2 is 1.94 bits per heavy atom. The van der Waals surface area contributed by atoms with Crippen LogP contribution < -0.4 is 0 Å². The van der Waals surface area contributed by atoms with E-state index in [2.05, 4.69) is 47.9 Å². The molecule has 0 bridgehead atoms. The molecule has 5 heteroatoms. The van der Waals surface area contributed by atoms with Gasteiger partial charge in [0, 0.05) is 18.3 Å². The highest BCUT2D eigenvalue weighted by atomic mass is 32.1. The van der Waals surface area contributed by atoms with E-state index in [-0.39, 0.29) is 5.41 Å². The van der Waals surface area contributed by atoms with Gasteiger partial charge in [0.25, 0.3) is 0 Å². The summed E-state index contributed by atoms with van der Waals surface area (Å²) in [6.45, 7) is 8.81. The molecule has 0 amide bonds. The second-order valence-corrected chi connectivity index (χ2v) is 6.13. The topological polar surface area (TPSA) is 51.6 Å². The van der Waals surface area contributed by atoms with Gasteiger partial charge in [-0.15, -0.1) is 10.2 Å². The molecule has 17 heavy (non-hydrogen) atoms. The lowest BCUT2D eigenvalue weighted by Crippen LogP contribution is -2.14. The number of hydrogen-bond acceptors (Lipinski definition) is 5. The van der Waals surface area contributed by atoms with Gasteiger partial charge in [-0.2, -0.15) is 0 Å². The molecule has 0 saturated carbocycles. The second-order valence-electron chi connectivity index (χ2n) is 5.12. The third-order valence-corrected chi connectivity index (χ3v) is 4.02. The van der Waals surface area contributed by atoms with Crippen LogP contribution in [-0.4, -0.2) is 20.2 Å². The van der Waals surface area contributed by atoms with Crippen molar-refractivity contribution in [2.75, 3.05) is 0 Å². The second kappa shape index (κ2) is 4.49. The standard InChI is InChI=1S/C12H16N4S/c1-8(12(2,3)4)10-15-16-11(17-10)9-7-13-5-6-14-9/h5-8H,1-4H3/t8-/m0/s1. The summed E-state index contributed by atoms with van der Waals surface area (Å²) in [6.07, 6.45) is 5.04. The van der Waals surface area contributed by atoms with Gasteiger partial charge in [-0.3, -0.25) is 9.97 Å². The van der Waals surface area contributed by atoms with E-state index in [1.54, 1.807) is 29.9 Å². The van der Waals surface area contributed by atoms with Crippen LogP contribution in [0.5, 0.6) is 0 Å². The SMILES string of the molecule is C[C@@H](c1nnc(-c2cnccn2)s1)C(C)(C)C. The fraction of sp³-hybridized carbons (Fsp3) is 0.500. The van der Waals surface area contributed by atoms with Crippen LogP contribution in [0.4, 0.5) is 0 Å². The van der Waals surface area contributed by atoms with Gasteiger partial charge in [0.15, 0.2) is 5.01 Å². The Morgan fingerprint density at radius 3 is 2.53 bits per heavy atom. The first-order valence-corrected chi connectivity index (χ1v) is 6.40. The summed E-state index contributed by atoms with van der Waals surface area (Å²) in [5.74, 6) is 0.380. The number of nitrogens with zero attached hydrogens (tertiary/aromatic N) is 4. The fourth-order valence-electron chi connectivity index (χ4n) is 1.29. The summed E-state index contributed by atoms with van der Waals surface area (Å²) in [5.41, 5.74) is 0.983. The van der Waals surface area contributed by atoms with E-state index in [1.807, 2.05) is 0 Å². The molecule has 1 atom stereocenters. The molecule has 0 unspecified atom stereocenters. The zero-order chi connectivity index (χ0) is 12.5. The largest absolute Gasteiger partial charge is 0.261 e. The third-order valence-electron chi connectivity index (χ3n) is 2.89. The summed E-state index contributed by atoms with van der Waals surface area (Å²) in [7, 11) is 0. The molecule has 0 saturated heterocycles. The zero-order valence-corrected chi connectivity index (χ0v) is 11.3. The van der Waals surface area contributed by atoms with Crippen LogP contribution in [0.15, 0.2) is 18.6 Å². The van der Waals surface area contributed by atoms with Gasteiger partial charge in [-0.1, -0.05) is 39.0 Å². The Labute approximate surface area is 105 Å². The van der Waals surface area contributed by atoms with Gasteiger partial charge in [-0.05, 0) is 5.41 Å². The smallest absolute Gasteiger partial charge is 0.167 e. The van der Waals surface area contributed by atoms with E-state index >= 15 is 0 Å². The Kier molecular flexibility index (Phi) is 3.19. The predicted molar refractivity (Wildman–Crippen MR) is 68.8 cm³/mol. The summed E-state index contributed by atoms with van der Waals surface area (Å²) < 4.78 is 0. The van der Waals surface area contributed by atoms with E-state index in [4.69, 9.17) is 0 Å². The molecule has 0 spiro atoms. The van der Waals surface area contributed by atoms with Gasteiger partial charge < -0.3 is 0 Å². The first-order chi connectivity index (χ1) is 7.98. The van der Waals surface area contributed by atoms with Gasteiger partial charge >= 0.3 is 0 Å². The summed E-state index contributed by atoms with van der Waals surface area (Å²) in [4.78, 5) is 8.27. The van der Waals surface area contributed by atoms with Gasteiger partial charge in [0.1, 0.15) is 10.7 Å². The average Bonchev–Trinajstić information content (AvgIpc) is 2.77. The summed E-state index contributed by atoms with van der Waals surface area (Å²) >= 11 is 1.60. The van der Waals surface area contributed by atoms with E-state index in [9.17, 15) is 0 Å². The van der Waals surface area contributed by atoms with Crippen LogP contribution >= 0.6 is 11.3 Å². The molecule has 0 N–H and O–H groups in total. The van der Waals surface area contributed by atoms with E-state index in [0.29, 0.717) is 5.92 Å². The maximum absolute atomic E-state index is 4.26. The highest BCUT2D eigenvalue weighted by molar-refractivity contribution is 7.14. The Bertz CT molecular complexity index is 487. The van der Waals surface area contributed by atoms with E-state index in [1.165, 1.54) is 0 Å². The molecule has 0 aliphatic carbocycles. The minimum atomic E-state index is 0.194. The molecule has 2 aromatic heterocycles. The molecule has 0 fully saturated rings. The lowest BCUT2D eigenvalue weighted by atomic mass is 9.83. The van der Waals surface area contributed by atoms with Crippen molar-refractivity contribution in [3.05, 3.63) is 23.6 Å². The molecule has 0 aromatic carbocycles. The quantitative estimate of drug-likeness (QED) is 0.819. The molecule has 0 radical (unpaired) electrons. The molecule has 2 rings (SSSR count). The lowest BCUT2D eigenvalue weighted by molar-refractivity contribution is 0.337. The number of aromatic nitrogens is 4. The molecule has 2 aromatic rings. The maximum atomic E-state index is 4.26. The maximum Gasteiger partial charge on any atom is 0.167 e. The van der Waals surface area contributed by atoms with Crippen molar-refractivity contribution < 1.29 is 0 Å². The first kappa shape index (κ1) is 12.1.